The van der Waals surface area contributed by atoms with E-state index in [0.29, 0.717) is 17.8 Å². The van der Waals surface area contributed by atoms with E-state index in [0.717, 1.165) is 31.1 Å². The Hall–Kier alpha value is -0.570. The molecule has 6 fully saturated rings. The molecule has 6 saturated carbocycles. The van der Waals surface area contributed by atoms with Gasteiger partial charge in [0.05, 0.1) is 11.5 Å². The van der Waals surface area contributed by atoms with Crippen molar-refractivity contribution in [3.63, 3.8) is 0 Å². The molecule has 6 aliphatic rings. The number of aliphatic carboxylic acids is 1. The van der Waals surface area contributed by atoms with Crippen LogP contribution in [0.5, 0.6) is 0 Å². The first kappa shape index (κ1) is 14.7. The highest BCUT2D eigenvalue weighted by Crippen LogP contribution is 2.85. The van der Waals surface area contributed by atoms with E-state index in [4.69, 9.17) is 0 Å². The molecule has 0 aromatic rings. The minimum atomic E-state index is -0.650. The van der Waals surface area contributed by atoms with Crippen LogP contribution in [0.15, 0.2) is 0 Å². The topological polar surface area (TPSA) is 57.5 Å². The minimum absolute atomic E-state index is 0.107. The minimum Gasteiger partial charge on any atom is -0.481 e. The summed E-state index contributed by atoms with van der Waals surface area (Å²) < 4.78 is 0. The van der Waals surface area contributed by atoms with Crippen LogP contribution in [0.4, 0.5) is 0 Å². The molecule has 1 spiro atoms. The van der Waals surface area contributed by atoms with E-state index in [1.54, 1.807) is 0 Å². The summed E-state index contributed by atoms with van der Waals surface area (Å²) in [6.45, 7) is 6.78. The summed E-state index contributed by atoms with van der Waals surface area (Å²) in [6.07, 6.45) is 7.06. The van der Waals surface area contributed by atoms with Crippen molar-refractivity contribution in [1.82, 2.24) is 0 Å². The van der Waals surface area contributed by atoms with Crippen LogP contribution < -0.4 is 0 Å². The second-order valence-corrected chi connectivity index (χ2v) is 10.5. The predicted molar refractivity (Wildman–Crippen MR) is 86.7 cm³/mol. The van der Waals surface area contributed by atoms with Crippen molar-refractivity contribution in [1.29, 1.82) is 0 Å². The lowest BCUT2D eigenvalue weighted by Gasteiger charge is -2.66. The van der Waals surface area contributed by atoms with Gasteiger partial charge in [0.25, 0.3) is 0 Å². The normalized spacial score (nSPS) is 65.7. The van der Waals surface area contributed by atoms with Gasteiger partial charge < -0.3 is 10.2 Å². The van der Waals surface area contributed by atoms with E-state index in [1.807, 2.05) is 6.92 Å². The van der Waals surface area contributed by atoms with Crippen LogP contribution >= 0.6 is 0 Å². The quantitative estimate of drug-likeness (QED) is 0.775. The van der Waals surface area contributed by atoms with Crippen molar-refractivity contribution in [3.8, 4) is 0 Å². The highest BCUT2D eigenvalue weighted by molar-refractivity contribution is 5.75. The molecular formula is C20H30O3. The van der Waals surface area contributed by atoms with E-state index < -0.39 is 11.4 Å². The van der Waals surface area contributed by atoms with Gasteiger partial charge in [-0.2, -0.15) is 0 Å². The van der Waals surface area contributed by atoms with Gasteiger partial charge in [0, 0.05) is 5.41 Å². The van der Waals surface area contributed by atoms with E-state index in [2.05, 4.69) is 13.8 Å². The summed E-state index contributed by atoms with van der Waals surface area (Å²) in [5, 5.41) is 21.1. The van der Waals surface area contributed by atoms with Gasteiger partial charge in [-0.05, 0) is 80.0 Å². The number of hydrogen-bond acceptors (Lipinski definition) is 2. The maximum atomic E-state index is 12.1. The molecule has 0 saturated heterocycles. The van der Waals surface area contributed by atoms with Crippen LogP contribution in [0.3, 0.4) is 0 Å². The summed E-state index contributed by atoms with van der Waals surface area (Å²) in [7, 11) is 0. The molecule has 0 heterocycles. The number of hydrogen-bond donors (Lipinski definition) is 2. The van der Waals surface area contributed by atoms with Gasteiger partial charge in [-0.3, -0.25) is 4.79 Å². The molecule has 9 atom stereocenters. The number of carbonyl (C=O) groups is 1. The fourth-order valence-electron chi connectivity index (χ4n) is 8.77. The molecule has 3 heteroatoms. The van der Waals surface area contributed by atoms with E-state index >= 15 is 0 Å². The summed E-state index contributed by atoms with van der Waals surface area (Å²) in [4.78, 5) is 12.1. The Kier molecular flexibility index (Phi) is 2.45. The first-order chi connectivity index (χ1) is 10.7. The Labute approximate surface area is 138 Å². The maximum absolute atomic E-state index is 12.1. The molecule has 0 unspecified atom stereocenters. The number of carboxylic acids is 1. The molecular weight excluding hydrogens is 288 g/mol. The van der Waals surface area contributed by atoms with E-state index in [1.165, 1.54) is 19.3 Å². The molecule has 0 aromatic carbocycles. The summed E-state index contributed by atoms with van der Waals surface area (Å²) >= 11 is 0. The van der Waals surface area contributed by atoms with Crippen molar-refractivity contribution in [2.45, 2.75) is 71.8 Å². The molecule has 23 heavy (non-hydrogen) atoms. The predicted octanol–water partition coefficient (Wildman–Crippen LogP) is 3.70. The van der Waals surface area contributed by atoms with Crippen molar-refractivity contribution < 1.29 is 15.0 Å². The Balaban J connectivity index is 1.60. The SMILES string of the molecule is C[C@@]12CCC[C@@](C)(C(=O)O)[C@H]1C[C@H](O)[C@@]13C[C@H]4[C@@H](C[C@@H]21)[C@@]4(C)C3. The van der Waals surface area contributed by atoms with Crippen LogP contribution in [-0.2, 0) is 4.79 Å². The van der Waals surface area contributed by atoms with Crippen molar-refractivity contribution in [3.05, 3.63) is 0 Å². The summed E-state index contributed by atoms with van der Waals surface area (Å²) in [5.74, 6) is 1.74. The van der Waals surface area contributed by atoms with Gasteiger partial charge in [0.2, 0.25) is 0 Å². The summed E-state index contributed by atoms with van der Waals surface area (Å²) in [6, 6.07) is 0. The summed E-state index contributed by atoms with van der Waals surface area (Å²) in [5.41, 5.74) is 0.0736. The van der Waals surface area contributed by atoms with Crippen LogP contribution in [0, 0.1) is 45.3 Å². The number of aliphatic hydroxyl groups excluding tert-OH is 1. The molecule has 0 aromatic heterocycles. The van der Waals surface area contributed by atoms with E-state index in [9.17, 15) is 15.0 Å². The smallest absolute Gasteiger partial charge is 0.309 e. The third kappa shape index (κ3) is 1.38. The lowest BCUT2D eigenvalue weighted by Crippen LogP contribution is -2.64. The third-order valence-electron chi connectivity index (χ3n) is 9.95. The largest absolute Gasteiger partial charge is 0.481 e. The highest BCUT2D eigenvalue weighted by Gasteiger charge is 2.80. The van der Waals surface area contributed by atoms with E-state index in [-0.39, 0.29) is 22.9 Å². The Bertz CT molecular complexity index is 602. The third-order valence-corrected chi connectivity index (χ3v) is 9.95. The molecule has 6 aliphatic carbocycles. The molecule has 0 aliphatic heterocycles. The average molecular weight is 318 g/mol. The fourth-order valence-corrected chi connectivity index (χ4v) is 8.77. The molecule has 6 rings (SSSR count). The molecule has 4 bridgehead atoms. The fraction of sp³-hybridized carbons (Fsp3) is 0.950. The van der Waals surface area contributed by atoms with Crippen LogP contribution in [0.1, 0.15) is 65.7 Å². The molecule has 0 amide bonds. The number of carboxylic acid groups (broad SMARTS) is 1. The van der Waals surface area contributed by atoms with Crippen LogP contribution in [0.2, 0.25) is 0 Å². The van der Waals surface area contributed by atoms with Gasteiger partial charge in [-0.1, -0.05) is 20.3 Å². The number of aliphatic hydroxyl groups is 1. The van der Waals surface area contributed by atoms with Crippen LogP contribution in [0.25, 0.3) is 0 Å². The Morgan fingerprint density at radius 2 is 1.74 bits per heavy atom. The van der Waals surface area contributed by atoms with Gasteiger partial charge >= 0.3 is 5.97 Å². The first-order valence-electron chi connectivity index (χ1n) is 9.60. The first-order valence-corrected chi connectivity index (χ1v) is 9.60. The van der Waals surface area contributed by atoms with Gasteiger partial charge in [0.1, 0.15) is 0 Å². The zero-order valence-corrected chi connectivity index (χ0v) is 14.6. The van der Waals surface area contributed by atoms with Crippen molar-refractivity contribution in [2.24, 2.45) is 45.3 Å². The average Bonchev–Trinajstić information content (AvgIpc) is 2.93. The zero-order valence-electron chi connectivity index (χ0n) is 14.6. The monoisotopic (exact) mass is 318 g/mol. The van der Waals surface area contributed by atoms with Crippen LogP contribution in [-0.4, -0.2) is 22.3 Å². The molecule has 3 nitrogen and oxygen atoms in total. The van der Waals surface area contributed by atoms with Gasteiger partial charge in [0.15, 0.2) is 0 Å². The maximum Gasteiger partial charge on any atom is 0.309 e. The molecule has 0 radical (unpaired) electrons. The second kappa shape index (κ2) is 3.81. The Morgan fingerprint density at radius 1 is 1.00 bits per heavy atom. The molecule has 128 valence electrons. The van der Waals surface area contributed by atoms with Crippen molar-refractivity contribution in [2.75, 3.05) is 0 Å². The van der Waals surface area contributed by atoms with Gasteiger partial charge in [-0.25, -0.2) is 0 Å². The van der Waals surface area contributed by atoms with Crippen molar-refractivity contribution >= 4 is 5.97 Å². The Morgan fingerprint density at radius 3 is 2.35 bits per heavy atom. The lowest BCUT2D eigenvalue weighted by atomic mass is 9.39. The number of fused-ring (bicyclic) bond motifs is 1. The lowest BCUT2D eigenvalue weighted by molar-refractivity contribution is -0.219. The standard InChI is InChI=1S/C20H30O3/c1-17-5-4-6-18(2,16(22)23)13(17)8-15(21)20-9-12-11(7-14(17)20)19(12,3)10-20/h11-15,21H,4-10H2,1-3H3,(H,22,23)/t11-,12+,13+,14+,15+,17-,18-,19-,20-/m1/s1. The van der Waals surface area contributed by atoms with Gasteiger partial charge in [-0.15, -0.1) is 0 Å². The number of rotatable bonds is 1. The molecule has 2 N–H and O–H groups in total. The second-order valence-electron chi connectivity index (χ2n) is 10.5. The zero-order chi connectivity index (χ0) is 16.4. The highest BCUT2D eigenvalue weighted by atomic mass is 16.4.